The van der Waals surface area contributed by atoms with Crippen LogP contribution in [0.4, 0.5) is 5.82 Å². The average Bonchev–Trinajstić information content (AvgIpc) is 2.23. The lowest BCUT2D eigenvalue weighted by Crippen LogP contribution is -2.24. The van der Waals surface area contributed by atoms with Gasteiger partial charge in [0, 0.05) is 18.1 Å². The van der Waals surface area contributed by atoms with E-state index >= 15 is 0 Å². The number of anilines is 1. The van der Waals surface area contributed by atoms with E-state index in [9.17, 15) is 0 Å². The lowest BCUT2D eigenvalue weighted by molar-refractivity contribution is 0.541. The minimum absolute atomic E-state index is 0.271. The Morgan fingerprint density at radius 1 is 1.50 bits per heavy atom. The van der Waals surface area contributed by atoms with Crippen LogP contribution in [0, 0.1) is 12.8 Å². The molecule has 0 aliphatic rings. The number of pyridine rings is 1. The summed E-state index contributed by atoms with van der Waals surface area (Å²) in [5.74, 6) is 2.10. The van der Waals surface area contributed by atoms with E-state index < -0.39 is 0 Å². The van der Waals surface area contributed by atoms with Crippen LogP contribution in [0.15, 0.2) is 16.7 Å². The molecule has 1 aromatic rings. The highest BCUT2D eigenvalue weighted by Gasteiger charge is 2.12. The molecule has 0 spiro atoms. The second-order valence-corrected chi connectivity index (χ2v) is 5.52. The van der Waals surface area contributed by atoms with Crippen LogP contribution in [0.3, 0.4) is 0 Å². The van der Waals surface area contributed by atoms with Gasteiger partial charge in [0.25, 0.3) is 0 Å². The van der Waals surface area contributed by atoms with Crippen molar-refractivity contribution < 1.29 is 0 Å². The number of aryl methyl sites for hydroxylation is 1. The van der Waals surface area contributed by atoms with Crippen molar-refractivity contribution in [3.05, 3.63) is 22.3 Å². The van der Waals surface area contributed by atoms with Crippen LogP contribution in [0.25, 0.3) is 0 Å². The summed E-state index contributed by atoms with van der Waals surface area (Å²) >= 11 is 9.48. The van der Waals surface area contributed by atoms with Gasteiger partial charge in [0.1, 0.15) is 5.82 Å². The normalized spacial score (nSPS) is 12.9. The molecule has 1 rings (SSSR count). The molecule has 0 fully saturated rings. The summed E-state index contributed by atoms with van der Waals surface area (Å²) in [4.78, 5) is 4.32. The summed E-state index contributed by atoms with van der Waals surface area (Å²) in [6.45, 7) is 6.44. The first-order valence-corrected chi connectivity index (χ1v) is 6.81. The van der Waals surface area contributed by atoms with Gasteiger partial charge >= 0.3 is 0 Å². The number of nitrogens with zero attached hydrogens (tertiary/aromatic N) is 1. The Kier molecular flexibility index (Phi) is 5.56. The van der Waals surface area contributed by atoms with Gasteiger partial charge in [-0.05, 0) is 46.8 Å². The molecule has 0 amide bonds. The molecule has 0 saturated carbocycles. The third-order valence-corrected chi connectivity index (χ3v) is 3.74. The predicted molar refractivity (Wildman–Crippen MR) is 74.3 cm³/mol. The van der Waals surface area contributed by atoms with E-state index in [1.807, 2.05) is 12.3 Å². The molecule has 0 radical (unpaired) electrons. The molecular formula is C12H18BrClN2. The van der Waals surface area contributed by atoms with E-state index in [1.54, 1.807) is 0 Å². The predicted octanol–water partition coefficient (Wildman–Crippen LogP) is 4.22. The Labute approximate surface area is 111 Å². The van der Waals surface area contributed by atoms with Gasteiger partial charge in [0.05, 0.1) is 4.47 Å². The average molecular weight is 306 g/mol. The number of hydrogen-bond acceptors (Lipinski definition) is 2. The van der Waals surface area contributed by atoms with Gasteiger partial charge in [0.15, 0.2) is 0 Å². The van der Waals surface area contributed by atoms with Crippen LogP contribution in [-0.4, -0.2) is 16.9 Å². The molecule has 16 heavy (non-hydrogen) atoms. The SMILES string of the molecule is Cc1ccnc(NC(CCl)CC(C)C)c1Br. The highest BCUT2D eigenvalue weighted by Crippen LogP contribution is 2.24. The van der Waals surface area contributed by atoms with Crippen LogP contribution < -0.4 is 5.32 Å². The topological polar surface area (TPSA) is 24.9 Å². The zero-order valence-corrected chi connectivity index (χ0v) is 12.3. The van der Waals surface area contributed by atoms with Crippen LogP contribution in [-0.2, 0) is 0 Å². The molecule has 0 aliphatic carbocycles. The highest BCUT2D eigenvalue weighted by atomic mass is 79.9. The van der Waals surface area contributed by atoms with E-state index in [1.165, 1.54) is 5.56 Å². The molecule has 1 atom stereocenters. The molecular weight excluding hydrogens is 288 g/mol. The maximum atomic E-state index is 5.95. The van der Waals surface area contributed by atoms with Crippen LogP contribution >= 0.6 is 27.5 Å². The monoisotopic (exact) mass is 304 g/mol. The number of nitrogens with one attached hydrogen (secondary N) is 1. The maximum absolute atomic E-state index is 5.95. The standard InChI is InChI=1S/C12H18BrClN2/c1-8(2)6-10(7-14)16-12-11(13)9(3)4-5-15-12/h4-5,8,10H,6-7H2,1-3H3,(H,15,16). The summed E-state index contributed by atoms with van der Waals surface area (Å²) < 4.78 is 1.02. The van der Waals surface area contributed by atoms with Gasteiger partial charge in [-0.1, -0.05) is 13.8 Å². The molecule has 0 bridgehead atoms. The molecule has 2 nitrogen and oxygen atoms in total. The van der Waals surface area contributed by atoms with Gasteiger partial charge in [0.2, 0.25) is 0 Å². The summed E-state index contributed by atoms with van der Waals surface area (Å²) in [7, 11) is 0. The third kappa shape index (κ3) is 3.95. The van der Waals surface area contributed by atoms with Crippen molar-refractivity contribution in [1.82, 2.24) is 4.98 Å². The summed E-state index contributed by atoms with van der Waals surface area (Å²) in [5.41, 5.74) is 1.18. The fraction of sp³-hybridized carbons (Fsp3) is 0.583. The number of alkyl halides is 1. The highest BCUT2D eigenvalue weighted by molar-refractivity contribution is 9.10. The van der Waals surface area contributed by atoms with Crippen molar-refractivity contribution >= 4 is 33.3 Å². The van der Waals surface area contributed by atoms with Crippen LogP contribution in [0.1, 0.15) is 25.8 Å². The quantitative estimate of drug-likeness (QED) is 0.824. The number of halogens is 2. The van der Waals surface area contributed by atoms with E-state index in [2.05, 4.69) is 47.0 Å². The number of hydrogen-bond donors (Lipinski definition) is 1. The molecule has 1 N–H and O–H groups in total. The minimum Gasteiger partial charge on any atom is -0.365 e. The van der Waals surface area contributed by atoms with Gasteiger partial charge in [-0.25, -0.2) is 4.98 Å². The Morgan fingerprint density at radius 3 is 2.75 bits per heavy atom. The summed E-state index contributed by atoms with van der Waals surface area (Å²) in [6, 6.07) is 2.25. The molecule has 1 heterocycles. The second kappa shape index (κ2) is 6.45. The van der Waals surface area contributed by atoms with Crippen molar-refractivity contribution in [1.29, 1.82) is 0 Å². The molecule has 1 aromatic heterocycles. The zero-order valence-electron chi connectivity index (χ0n) is 9.93. The van der Waals surface area contributed by atoms with Gasteiger partial charge in [-0.15, -0.1) is 11.6 Å². The van der Waals surface area contributed by atoms with E-state index in [0.717, 1.165) is 16.7 Å². The lowest BCUT2D eigenvalue weighted by Gasteiger charge is -2.19. The molecule has 1 unspecified atom stereocenters. The van der Waals surface area contributed by atoms with Gasteiger partial charge < -0.3 is 5.32 Å². The smallest absolute Gasteiger partial charge is 0.140 e. The number of rotatable bonds is 5. The van der Waals surface area contributed by atoms with E-state index in [-0.39, 0.29) is 6.04 Å². The van der Waals surface area contributed by atoms with Crippen molar-refractivity contribution in [2.45, 2.75) is 33.2 Å². The van der Waals surface area contributed by atoms with Crippen LogP contribution in [0.5, 0.6) is 0 Å². The Balaban J connectivity index is 2.74. The number of aromatic nitrogens is 1. The molecule has 0 aliphatic heterocycles. The fourth-order valence-electron chi connectivity index (χ4n) is 1.56. The Hall–Kier alpha value is -0.280. The van der Waals surface area contributed by atoms with E-state index in [0.29, 0.717) is 11.8 Å². The molecule has 4 heteroatoms. The first kappa shape index (κ1) is 13.8. The Morgan fingerprint density at radius 2 is 2.19 bits per heavy atom. The van der Waals surface area contributed by atoms with Crippen LogP contribution in [0.2, 0.25) is 0 Å². The van der Waals surface area contributed by atoms with E-state index in [4.69, 9.17) is 11.6 Å². The fourth-order valence-corrected chi connectivity index (χ4v) is 2.12. The molecule has 0 saturated heterocycles. The first-order chi connectivity index (χ1) is 7.54. The maximum Gasteiger partial charge on any atom is 0.140 e. The third-order valence-electron chi connectivity index (χ3n) is 2.37. The van der Waals surface area contributed by atoms with Crippen molar-refractivity contribution in [3.63, 3.8) is 0 Å². The minimum atomic E-state index is 0.271. The van der Waals surface area contributed by atoms with Crippen molar-refractivity contribution in [3.8, 4) is 0 Å². The lowest BCUT2D eigenvalue weighted by atomic mass is 10.1. The molecule has 0 aromatic carbocycles. The van der Waals surface area contributed by atoms with Crippen molar-refractivity contribution in [2.24, 2.45) is 5.92 Å². The molecule has 90 valence electrons. The second-order valence-electron chi connectivity index (χ2n) is 4.42. The van der Waals surface area contributed by atoms with Gasteiger partial charge in [-0.3, -0.25) is 0 Å². The summed E-state index contributed by atoms with van der Waals surface area (Å²) in [5, 5.41) is 3.38. The Bertz CT molecular complexity index is 342. The summed E-state index contributed by atoms with van der Waals surface area (Å²) in [6.07, 6.45) is 2.86. The van der Waals surface area contributed by atoms with Gasteiger partial charge in [-0.2, -0.15) is 0 Å². The first-order valence-electron chi connectivity index (χ1n) is 5.48. The zero-order chi connectivity index (χ0) is 12.1. The largest absolute Gasteiger partial charge is 0.365 e. The van der Waals surface area contributed by atoms with Crippen molar-refractivity contribution in [2.75, 3.05) is 11.2 Å².